The zero-order valence-corrected chi connectivity index (χ0v) is 17.5. The third kappa shape index (κ3) is 3.80. The highest BCUT2D eigenvalue weighted by molar-refractivity contribution is 7.19. The molecule has 0 N–H and O–H groups in total. The molecule has 1 amide bonds. The Labute approximate surface area is 168 Å². The van der Waals surface area contributed by atoms with Crippen molar-refractivity contribution in [3.8, 4) is 16.9 Å². The summed E-state index contributed by atoms with van der Waals surface area (Å²) in [6, 6.07) is 7.72. The van der Waals surface area contributed by atoms with E-state index in [-0.39, 0.29) is 18.0 Å². The van der Waals surface area contributed by atoms with Crippen LogP contribution in [-0.2, 0) is 11.3 Å². The summed E-state index contributed by atoms with van der Waals surface area (Å²) in [6.45, 7) is 9.64. The fraction of sp³-hybridized carbons (Fsp3) is 0.381. The molecule has 0 aliphatic rings. The lowest BCUT2D eigenvalue weighted by Gasteiger charge is -2.19. The number of hydrogen-bond acceptors (Lipinski definition) is 5. The number of aryl methyl sites for hydroxylation is 1. The molecule has 2 aromatic heterocycles. The van der Waals surface area contributed by atoms with Crippen molar-refractivity contribution in [1.29, 1.82) is 0 Å². The second kappa shape index (κ2) is 8.56. The highest BCUT2D eigenvalue weighted by Gasteiger charge is 2.19. The molecule has 0 fully saturated rings. The maximum atomic E-state index is 13.2. The van der Waals surface area contributed by atoms with Gasteiger partial charge in [-0.3, -0.25) is 14.2 Å². The van der Waals surface area contributed by atoms with Crippen LogP contribution >= 0.6 is 11.3 Å². The molecule has 0 saturated heterocycles. The molecule has 3 aromatic rings. The zero-order valence-electron chi connectivity index (χ0n) is 16.7. The summed E-state index contributed by atoms with van der Waals surface area (Å²) in [5.74, 6) is 0.714. The lowest BCUT2D eigenvalue weighted by atomic mass is 10.0. The SMILES string of the molecule is CCOc1ccc(-c2c(C)sc3ncn(CC(=O)N(CC)CC)c(=O)c23)cc1. The smallest absolute Gasteiger partial charge is 0.263 e. The second-order valence-electron chi connectivity index (χ2n) is 6.41. The minimum Gasteiger partial charge on any atom is -0.494 e. The Morgan fingerprint density at radius 2 is 1.86 bits per heavy atom. The van der Waals surface area contributed by atoms with Gasteiger partial charge in [-0.25, -0.2) is 4.98 Å². The van der Waals surface area contributed by atoms with Crippen molar-refractivity contribution in [3.05, 3.63) is 45.8 Å². The molecule has 1 aromatic carbocycles. The maximum absolute atomic E-state index is 13.2. The first kappa shape index (κ1) is 20.1. The molecule has 7 heteroatoms. The number of fused-ring (bicyclic) bond motifs is 1. The highest BCUT2D eigenvalue weighted by atomic mass is 32.1. The Morgan fingerprint density at radius 3 is 2.46 bits per heavy atom. The Kier molecular flexibility index (Phi) is 6.14. The van der Waals surface area contributed by atoms with Crippen LogP contribution < -0.4 is 10.3 Å². The van der Waals surface area contributed by atoms with Crippen molar-refractivity contribution in [2.45, 2.75) is 34.2 Å². The third-order valence-electron chi connectivity index (χ3n) is 4.73. The molecule has 0 saturated carbocycles. The molecule has 148 valence electrons. The molecule has 0 radical (unpaired) electrons. The van der Waals surface area contributed by atoms with Gasteiger partial charge in [0.05, 0.1) is 18.3 Å². The van der Waals surface area contributed by atoms with Crippen LogP contribution in [0.25, 0.3) is 21.3 Å². The topological polar surface area (TPSA) is 64.4 Å². The first-order valence-electron chi connectivity index (χ1n) is 9.49. The fourth-order valence-corrected chi connectivity index (χ4v) is 4.31. The van der Waals surface area contributed by atoms with E-state index in [1.54, 1.807) is 4.90 Å². The molecule has 0 unspecified atom stereocenters. The lowest BCUT2D eigenvalue weighted by Crippen LogP contribution is -2.36. The number of hydrogen-bond donors (Lipinski definition) is 0. The quantitative estimate of drug-likeness (QED) is 0.608. The molecular formula is C21H25N3O3S. The van der Waals surface area contributed by atoms with E-state index in [9.17, 15) is 9.59 Å². The molecule has 0 aliphatic heterocycles. The number of benzene rings is 1. The van der Waals surface area contributed by atoms with Crippen LogP contribution in [0.1, 0.15) is 25.6 Å². The molecule has 6 nitrogen and oxygen atoms in total. The van der Waals surface area contributed by atoms with Crippen LogP contribution in [0.5, 0.6) is 5.75 Å². The summed E-state index contributed by atoms with van der Waals surface area (Å²) in [7, 11) is 0. The molecule has 0 aliphatic carbocycles. The standard InChI is InChI=1S/C21H25N3O3S/c1-5-23(6-2)17(25)12-24-13-22-20-19(21(24)26)18(14(4)28-20)15-8-10-16(11-9-15)27-7-3/h8-11,13H,5-7,12H2,1-4H3. The van der Waals surface area contributed by atoms with Crippen LogP contribution in [0.3, 0.4) is 0 Å². The van der Waals surface area contributed by atoms with E-state index in [2.05, 4.69) is 4.98 Å². The van der Waals surface area contributed by atoms with Crippen molar-refractivity contribution in [3.63, 3.8) is 0 Å². The number of rotatable bonds is 7. The Morgan fingerprint density at radius 1 is 1.18 bits per heavy atom. The van der Waals surface area contributed by atoms with Crippen LogP contribution in [0.4, 0.5) is 0 Å². The summed E-state index contributed by atoms with van der Waals surface area (Å²) < 4.78 is 6.92. The molecular weight excluding hydrogens is 374 g/mol. The lowest BCUT2D eigenvalue weighted by molar-refractivity contribution is -0.131. The Bertz CT molecular complexity index is 1030. The van der Waals surface area contributed by atoms with Gasteiger partial charge in [0.1, 0.15) is 17.1 Å². The van der Waals surface area contributed by atoms with Crippen LogP contribution in [0, 0.1) is 6.92 Å². The first-order chi connectivity index (χ1) is 13.5. The number of likely N-dealkylation sites (N-methyl/N-ethyl adjacent to an activating group) is 1. The van der Waals surface area contributed by atoms with E-state index in [0.29, 0.717) is 29.9 Å². The number of thiophene rings is 1. The minimum absolute atomic E-state index is 0.00106. The molecule has 3 rings (SSSR count). The summed E-state index contributed by atoms with van der Waals surface area (Å²) in [5, 5.41) is 0.571. The average Bonchev–Trinajstić information content (AvgIpc) is 3.03. The number of ether oxygens (including phenoxy) is 1. The first-order valence-corrected chi connectivity index (χ1v) is 10.3. The monoisotopic (exact) mass is 399 g/mol. The van der Waals surface area contributed by atoms with Crippen LogP contribution in [-0.4, -0.2) is 40.1 Å². The van der Waals surface area contributed by atoms with Gasteiger partial charge in [-0.15, -0.1) is 11.3 Å². The predicted octanol–water partition coefficient (Wildman–Crippen LogP) is 3.70. The van der Waals surface area contributed by atoms with Gasteiger partial charge in [0.2, 0.25) is 5.91 Å². The van der Waals surface area contributed by atoms with Crippen LogP contribution in [0.15, 0.2) is 35.4 Å². The average molecular weight is 400 g/mol. The number of nitrogens with zero attached hydrogens (tertiary/aromatic N) is 3. The largest absolute Gasteiger partial charge is 0.494 e. The number of amides is 1. The van der Waals surface area contributed by atoms with E-state index >= 15 is 0 Å². The summed E-state index contributed by atoms with van der Waals surface area (Å²) in [6.07, 6.45) is 1.48. The normalized spacial score (nSPS) is 11.0. The Balaban J connectivity index is 2.06. The van der Waals surface area contributed by atoms with E-state index in [1.165, 1.54) is 22.2 Å². The zero-order chi connectivity index (χ0) is 20.3. The molecule has 0 bridgehead atoms. The van der Waals surface area contributed by atoms with Crippen molar-refractivity contribution in [1.82, 2.24) is 14.5 Å². The summed E-state index contributed by atoms with van der Waals surface area (Å²) in [4.78, 5) is 33.5. The van der Waals surface area contributed by atoms with Crippen molar-refractivity contribution < 1.29 is 9.53 Å². The molecule has 0 atom stereocenters. The van der Waals surface area contributed by atoms with Crippen LogP contribution in [0.2, 0.25) is 0 Å². The number of carbonyl (C=O) groups excluding carboxylic acids is 1. The van der Waals surface area contributed by atoms with Gasteiger partial charge in [0, 0.05) is 23.5 Å². The van der Waals surface area contributed by atoms with Gasteiger partial charge in [-0.2, -0.15) is 0 Å². The van der Waals surface area contributed by atoms with Crippen molar-refractivity contribution >= 4 is 27.5 Å². The van der Waals surface area contributed by atoms with Gasteiger partial charge in [-0.05, 0) is 45.4 Å². The predicted molar refractivity (Wildman–Crippen MR) is 113 cm³/mol. The van der Waals surface area contributed by atoms with Gasteiger partial charge in [0.25, 0.3) is 5.56 Å². The second-order valence-corrected chi connectivity index (χ2v) is 7.62. The maximum Gasteiger partial charge on any atom is 0.263 e. The summed E-state index contributed by atoms with van der Waals surface area (Å²) in [5.41, 5.74) is 1.64. The van der Waals surface area contributed by atoms with Gasteiger partial charge in [0.15, 0.2) is 0 Å². The van der Waals surface area contributed by atoms with Crippen molar-refractivity contribution in [2.75, 3.05) is 19.7 Å². The molecule has 0 spiro atoms. The van der Waals surface area contributed by atoms with E-state index in [0.717, 1.165) is 21.8 Å². The van der Waals surface area contributed by atoms with Gasteiger partial charge in [-0.1, -0.05) is 12.1 Å². The number of aromatic nitrogens is 2. The van der Waals surface area contributed by atoms with E-state index in [4.69, 9.17) is 4.74 Å². The van der Waals surface area contributed by atoms with E-state index < -0.39 is 0 Å². The molecule has 28 heavy (non-hydrogen) atoms. The van der Waals surface area contributed by atoms with E-state index in [1.807, 2.05) is 52.0 Å². The minimum atomic E-state index is -0.182. The number of carbonyl (C=O) groups is 1. The Hall–Kier alpha value is -2.67. The third-order valence-corrected chi connectivity index (χ3v) is 5.74. The van der Waals surface area contributed by atoms with Crippen molar-refractivity contribution in [2.24, 2.45) is 0 Å². The summed E-state index contributed by atoms with van der Waals surface area (Å²) >= 11 is 1.49. The van der Waals surface area contributed by atoms with Gasteiger partial charge < -0.3 is 9.64 Å². The fourth-order valence-electron chi connectivity index (χ4n) is 3.30. The molecule has 2 heterocycles. The van der Waals surface area contributed by atoms with Gasteiger partial charge >= 0.3 is 0 Å². The highest BCUT2D eigenvalue weighted by Crippen LogP contribution is 2.36.